The lowest BCUT2D eigenvalue weighted by Gasteiger charge is -2.33. The molecule has 1 saturated heterocycles. The number of aliphatic hydroxyl groups is 1. The molecule has 0 aromatic heterocycles. The van der Waals surface area contributed by atoms with Crippen LogP contribution in [0.2, 0.25) is 0 Å². The van der Waals surface area contributed by atoms with E-state index in [4.69, 9.17) is 18.9 Å². The van der Waals surface area contributed by atoms with E-state index in [9.17, 15) is 49.4 Å². The van der Waals surface area contributed by atoms with E-state index in [0.717, 1.165) is 31.2 Å². The van der Waals surface area contributed by atoms with Crippen molar-refractivity contribution in [2.45, 2.75) is 178 Å². The molecule has 1 N–H and O–H groups in total. The molecule has 0 aliphatic carbocycles. The van der Waals surface area contributed by atoms with Gasteiger partial charge < -0.3 is 24.1 Å². The molecule has 2 unspecified atom stereocenters. The van der Waals surface area contributed by atoms with Crippen molar-refractivity contribution in [3.8, 4) is 5.75 Å². The molecular formula is C37H55F9O6. The van der Waals surface area contributed by atoms with Crippen molar-refractivity contribution >= 4 is 5.97 Å². The Balaban J connectivity index is 1.88. The molecule has 0 radical (unpaired) electrons. The number of halogens is 9. The summed E-state index contributed by atoms with van der Waals surface area (Å²) >= 11 is 0. The lowest BCUT2D eigenvalue weighted by Crippen LogP contribution is -2.60. The second-order valence-electron chi connectivity index (χ2n) is 13.6. The molecule has 1 aliphatic heterocycles. The summed E-state index contributed by atoms with van der Waals surface area (Å²) in [5, 5.41) is 10.7. The largest absolute Gasteiger partial charge is 0.494 e. The summed E-state index contributed by atoms with van der Waals surface area (Å²) in [6.07, 6.45) is 3.52. The van der Waals surface area contributed by atoms with Crippen LogP contribution in [0.25, 0.3) is 0 Å². The Morgan fingerprint density at radius 1 is 0.769 bits per heavy atom. The van der Waals surface area contributed by atoms with Crippen molar-refractivity contribution in [1.82, 2.24) is 0 Å². The second-order valence-corrected chi connectivity index (χ2v) is 13.6. The quantitative estimate of drug-likeness (QED) is 0.0546. The number of hydrogen-bond acceptors (Lipinski definition) is 6. The summed E-state index contributed by atoms with van der Waals surface area (Å²) in [5.41, 5.74) is 0.723. The Hall–Kier alpha value is -2.26. The molecule has 1 aliphatic rings. The van der Waals surface area contributed by atoms with Crippen LogP contribution in [0.5, 0.6) is 5.75 Å². The van der Waals surface area contributed by atoms with Gasteiger partial charge in [0.1, 0.15) is 5.75 Å². The van der Waals surface area contributed by atoms with E-state index >= 15 is 0 Å². The third-order valence-corrected chi connectivity index (χ3v) is 9.22. The summed E-state index contributed by atoms with van der Waals surface area (Å²) in [7, 11) is 0. The smallest absolute Gasteiger partial charge is 0.460 e. The van der Waals surface area contributed by atoms with Crippen molar-refractivity contribution in [3.63, 3.8) is 0 Å². The highest BCUT2D eigenvalue weighted by Crippen LogP contribution is 2.54. The van der Waals surface area contributed by atoms with E-state index in [1.54, 1.807) is 12.1 Å². The third-order valence-electron chi connectivity index (χ3n) is 9.22. The van der Waals surface area contributed by atoms with Gasteiger partial charge in [0.25, 0.3) is 0 Å². The van der Waals surface area contributed by atoms with E-state index in [-0.39, 0.29) is 43.2 Å². The zero-order chi connectivity index (χ0) is 38.8. The first-order valence-electron chi connectivity index (χ1n) is 18.4. The van der Waals surface area contributed by atoms with Gasteiger partial charge in [-0.15, -0.1) is 0 Å². The van der Waals surface area contributed by atoms with E-state index in [0.29, 0.717) is 25.7 Å². The van der Waals surface area contributed by atoms with Crippen molar-refractivity contribution < 1.29 is 68.4 Å². The van der Waals surface area contributed by atoms with Gasteiger partial charge in [-0.2, -0.15) is 39.5 Å². The van der Waals surface area contributed by atoms with Gasteiger partial charge in [0.2, 0.25) is 0 Å². The van der Waals surface area contributed by atoms with Crippen LogP contribution >= 0.6 is 0 Å². The zero-order valence-electron chi connectivity index (χ0n) is 30.2. The van der Waals surface area contributed by atoms with E-state index in [1.165, 1.54) is 64.0 Å². The molecule has 52 heavy (non-hydrogen) atoms. The fourth-order valence-electron chi connectivity index (χ4n) is 6.08. The predicted molar refractivity (Wildman–Crippen MR) is 177 cm³/mol. The van der Waals surface area contributed by atoms with Crippen LogP contribution < -0.4 is 4.74 Å². The molecule has 0 spiro atoms. The normalized spacial score (nSPS) is 18.4. The molecule has 2 rings (SSSR count). The number of hydrogen-bond donors (Lipinski definition) is 1. The third kappa shape index (κ3) is 14.9. The maximum Gasteiger partial charge on any atom is 0.460 e. The first-order chi connectivity index (χ1) is 24.4. The fourth-order valence-corrected chi connectivity index (χ4v) is 6.08. The van der Waals surface area contributed by atoms with E-state index < -0.39 is 49.5 Å². The number of esters is 1. The van der Waals surface area contributed by atoms with Gasteiger partial charge in [0.15, 0.2) is 0 Å². The molecule has 0 bridgehead atoms. The number of carbonyl (C=O) groups is 1. The summed E-state index contributed by atoms with van der Waals surface area (Å²) in [6, 6.07) is 6.19. The minimum Gasteiger partial charge on any atom is -0.494 e. The first kappa shape index (κ1) is 45.9. The number of carbonyl (C=O) groups excluding carboxylic acids is 1. The summed E-state index contributed by atoms with van der Waals surface area (Å²) in [4.78, 5) is 11.0. The monoisotopic (exact) mass is 766 g/mol. The highest BCUT2D eigenvalue weighted by atomic mass is 19.4. The lowest BCUT2D eigenvalue weighted by molar-refractivity contribution is -0.396. The molecule has 0 amide bonds. The summed E-state index contributed by atoms with van der Waals surface area (Å²) in [6.45, 7) is 3.30. The Labute approximate surface area is 301 Å². The van der Waals surface area contributed by atoms with E-state index in [2.05, 4.69) is 6.92 Å². The number of rotatable bonds is 27. The molecule has 1 aromatic rings. The van der Waals surface area contributed by atoms with Crippen LogP contribution in [0.4, 0.5) is 39.5 Å². The predicted octanol–water partition coefficient (Wildman–Crippen LogP) is 10.8. The second kappa shape index (κ2) is 22.2. The Kier molecular flexibility index (Phi) is 19.6. The van der Waals surface area contributed by atoms with Gasteiger partial charge in [0, 0.05) is 13.3 Å². The summed E-state index contributed by atoms with van der Waals surface area (Å²) in [5.74, 6) is -19.4. The summed E-state index contributed by atoms with van der Waals surface area (Å²) < 4.78 is 140. The number of aliphatic hydroxyl groups excluding tert-OH is 1. The number of ether oxygens (including phenoxy) is 4. The average molecular weight is 767 g/mol. The standard InChI is InChI=1S/C37H55F9O6/c1-3-4-5-6-7-8-9-10-11-12-16-32(33-22-21-31(52-33)30(48)15-13-24-49-27(2)47)51-26-28-17-19-29(20-18-28)50-25-14-23-34(38,39)35(40,41)36(42,43)37(44,45)46/h17-20,30-33,48H,3-16,21-26H2,1-2H3/t30-,31+,32?,33?/m1/s1. The molecule has 1 aromatic carbocycles. The van der Waals surface area contributed by atoms with Crippen LogP contribution in [0, 0.1) is 0 Å². The molecule has 4 atom stereocenters. The Morgan fingerprint density at radius 2 is 1.35 bits per heavy atom. The maximum atomic E-state index is 13.8. The van der Waals surface area contributed by atoms with Crippen LogP contribution in [-0.2, 0) is 25.6 Å². The van der Waals surface area contributed by atoms with Gasteiger partial charge in [-0.1, -0.05) is 83.3 Å². The highest BCUT2D eigenvalue weighted by molar-refractivity contribution is 5.65. The van der Waals surface area contributed by atoms with Gasteiger partial charge in [-0.25, -0.2) is 0 Å². The van der Waals surface area contributed by atoms with Crippen LogP contribution in [0.1, 0.15) is 129 Å². The van der Waals surface area contributed by atoms with E-state index in [1.807, 2.05) is 0 Å². The zero-order valence-corrected chi connectivity index (χ0v) is 30.2. The minimum absolute atomic E-state index is 0.144. The minimum atomic E-state index is -6.91. The topological polar surface area (TPSA) is 74.2 Å². The molecule has 1 heterocycles. The van der Waals surface area contributed by atoms with Gasteiger partial charge in [-0.05, 0) is 56.2 Å². The average Bonchev–Trinajstić information content (AvgIpc) is 3.57. The van der Waals surface area contributed by atoms with Crippen molar-refractivity contribution in [3.05, 3.63) is 29.8 Å². The number of alkyl halides is 9. The van der Waals surface area contributed by atoms with Crippen LogP contribution in [0.15, 0.2) is 24.3 Å². The van der Waals surface area contributed by atoms with Crippen molar-refractivity contribution in [2.75, 3.05) is 13.2 Å². The lowest BCUT2D eigenvalue weighted by atomic mass is 10.00. The maximum absolute atomic E-state index is 13.8. The van der Waals surface area contributed by atoms with Crippen LogP contribution in [0.3, 0.4) is 0 Å². The van der Waals surface area contributed by atoms with Gasteiger partial charge in [-0.3, -0.25) is 4.79 Å². The Morgan fingerprint density at radius 3 is 1.92 bits per heavy atom. The van der Waals surface area contributed by atoms with Crippen LogP contribution in [-0.4, -0.2) is 72.6 Å². The molecule has 0 saturated carbocycles. The SMILES string of the molecule is CCCCCCCCCCCCC(OCc1ccc(OCCCC(F)(F)C(F)(F)C(F)(F)C(F)(F)F)cc1)C1CC[C@@H]([C@H](O)CCCOC(C)=O)O1. The van der Waals surface area contributed by atoms with Gasteiger partial charge in [0.05, 0.1) is 44.2 Å². The Bertz CT molecular complexity index is 1130. The molecule has 302 valence electrons. The number of unbranched alkanes of at least 4 members (excludes halogenated alkanes) is 9. The molecule has 6 nitrogen and oxygen atoms in total. The first-order valence-corrected chi connectivity index (χ1v) is 18.4. The fraction of sp³-hybridized carbons (Fsp3) is 0.811. The molecule has 15 heteroatoms. The highest BCUT2D eigenvalue weighted by Gasteiger charge is 2.81. The van der Waals surface area contributed by atoms with Gasteiger partial charge >= 0.3 is 29.9 Å². The molecular weight excluding hydrogens is 711 g/mol. The number of benzene rings is 1. The molecule has 1 fully saturated rings. The van der Waals surface area contributed by atoms with Crippen molar-refractivity contribution in [2.24, 2.45) is 0 Å². The van der Waals surface area contributed by atoms with Crippen molar-refractivity contribution in [1.29, 1.82) is 0 Å².